The van der Waals surface area contributed by atoms with Crippen LogP contribution in [0.2, 0.25) is 0 Å². The second-order valence-corrected chi connectivity index (χ2v) is 10.1. The Morgan fingerprint density at radius 2 is 1.30 bits per heavy atom. The highest BCUT2D eigenvalue weighted by Crippen LogP contribution is 2.41. The summed E-state index contributed by atoms with van der Waals surface area (Å²) in [5.41, 5.74) is 3.91. The highest BCUT2D eigenvalue weighted by atomic mass is 32.2. The Hall–Kier alpha value is -4.69. The lowest BCUT2D eigenvalue weighted by Crippen LogP contribution is -2.31. The maximum atomic E-state index is 13.5. The van der Waals surface area contributed by atoms with Crippen molar-refractivity contribution in [3.8, 4) is 0 Å². The van der Waals surface area contributed by atoms with Crippen LogP contribution in [0.4, 0.5) is 17.1 Å². The van der Waals surface area contributed by atoms with Crippen molar-refractivity contribution in [2.75, 3.05) is 14.9 Å². The Balaban J connectivity index is 1.52. The average Bonchev–Trinajstić information content (AvgIpc) is 3.21. The number of carbonyl (C=O) groups is 2. The van der Waals surface area contributed by atoms with Crippen LogP contribution in [0.15, 0.2) is 114 Å². The number of amides is 2. The monoisotopic (exact) mass is 509 g/mol. The van der Waals surface area contributed by atoms with Gasteiger partial charge >= 0.3 is 0 Å². The summed E-state index contributed by atoms with van der Waals surface area (Å²) in [4.78, 5) is 27.2. The van der Waals surface area contributed by atoms with Crippen molar-refractivity contribution in [3.05, 3.63) is 120 Å². The molecular weight excluding hydrogens is 486 g/mol. The van der Waals surface area contributed by atoms with Gasteiger partial charge < -0.3 is 5.32 Å². The number of carbonyl (C=O) groups excluding carboxylic acids is 2. The van der Waals surface area contributed by atoms with Crippen LogP contribution < -0.4 is 14.9 Å². The van der Waals surface area contributed by atoms with E-state index in [1.807, 2.05) is 42.5 Å². The molecule has 1 aliphatic rings. The lowest BCUT2D eigenvalue weighted by Gasteiger charge is -2.16. The molecule has 2 amide bonds. The second-order valence-electron chi connectivity index (χ2n) is 8.41. The zero-order valence-corrected chi connectivity index (χ0v) is 20.7. The summed E-state index contributed by atoms with van der Waals surface area (Å²) in [6.07, 6.45) is 0. The van der Waals surface area contributed by atoms with Gasteiger partial charge in [-0.05, 0) is 48.0 Å². The smallest absolute Gasteiger partial charge is 0.267 e. The Morgan fingerprint density at radius 3 is 1.95 bits per heavy atom. The maximum Gasteiger partial charge on any atom is 0.267 e. The third-order valence-corrected chi connectivity index (χ3v) is 7.32. The predicted octanol–water partition coefficient (Wildman–Crippen LogP) is 5.36. The van der Waals surface area contributed by atoms with Crippen LogP contribution in [-0.2, 0) is 19.6 Å². The van der Waals surface area contributed by atoms with E-state index in [0.717, 1.165) is 5.56 Å². The van der Waals surface area contributed by atoms with Crippen LogP contribution in [0.5, 0.6) is 0 Å². The minimum atomic E-state index is -3.72. The van der Waals surface area contributed by atoms with Gasteiger partial charge in [0.15, 0.2) is 0 Å². The number of hydrogen-bond acceptors (Lipinski definition) is 5. The lowest BCUT2D eigenvalue weighted by molar-refractivity contribution is -0.122. The fourth-order valence-electron chi connectivity index (χ4n) is 4.23. The molecule has 0 aromatic heterocycles. The van der Waals surface area contributed by atoms with Crippen molar-refractivity contribution in [3.63, 3.8) is 0 Å². The van der Waals surface area contributed by atoms with Gasteiger partial charge in [0.2, 0.25) is 5.91 Å². The molecule has 0 saturated carbocycles. The first-order valence-electron chi connectivity index (χ1n) is 11.5. The molecule has 5 rings (SSSR count). The Bertz CT molecular complexity index is 1620. The van der Waals surface area contributed by atoms with Crippen LogP contribution in [0.25, 0.3) is 11.3 Å². The third-order valence-electron chi connectivity index (χ3n) is 5.92. The van der Waals surface area contributed by atoms with Gasteiger partial charge in [-0.25, -0.2) is 13.3 Å². The number of imide groups is 1. The zero-order chi connectivity index (χ0) is 26.0. The van der Waals surface area contributed by atoms with Gasteiger partial charge in [0, 0.05) is 23.9 Å². The van der Waals surface area contributed by atoms with Crippen LogP contribution in [0.1, 0.15) is 18.1 Å². The van der Waals surface area contributed by atoms with Crippen molar-refractivity contribution in [1.82, 2.24) is 0 Å². The summed E-state index contributed by atoms with van der Waals surface area (Å²) >= 11 is 0. The molecule has 0 saturated heterocycles. The molecule has 0 atom stereocenters. The Labute approximate surface area is 215 Å². The van der Waals surface area contributed by atoms with E-state index in [9.17, 15) is 18.0 Å². The summed E-state index contributed by atoms with van der Waals surface area (Å²) < 4.78 is 27.9. The number of nitrogens with zero attached hydrogens (tertiary/aromatic N) is 1. The van der Waals surface area contributed by atoms with Gasteiger partial charge in [-0.1, -0.05) is 66.7 Å². The molecule has 1 aliphatic heterocycles. The first kappa shape index (κ1) is 24.0. The lowest BCUT2D eigenvalue weighted by atomic mass is 10.00. The summed E-state index contributed by atoms with van der Waals surface area (Å²) in [6.45, 7) is 1.36. The Kier molecular flexibility index (Phi) is 6.33. The highest BCUT2D eigenvalue weighted by molar-refractivity contribution is 7.92. The van der Waals surface area contributed by atoms with Crippen LogP contribution in [0, 0.1) is 0 Å². The number of benzene rings is 4. The van der Waals surface area contributed by atoms with Gasteiger partial charge in [-0.2, -0.15) is 0 Å². The van der Waals surface area contributed by atoms with E-state index >= 15 is 0 Å². The predicted molar refractivity (Wildman–Crippen MR) is 145 cm³/mol. The van der Waals surface area contributed by atoms with Gasteiger partial charge in [0.05, 0.1) is 21.9 Å². The molecule has 0 radical (unpaired) electrons. The van der Waals surface area contributed by atoms with Crippen LogP contribution >= 0.6 is 0 Å². The average molecular weight is 510 g/mol. The minimum Gasteiger partial charge on any atom is -0.354 e. The number of hydrogen-bond donors (Lipinski definition) is 2. The quantitative estimate of drug-likeness (QED) is 0.341. The molecule has 8 heteroatoms. The molecule has 4 aromatic rings. The van der Waals surface area contributed by atoms with E-state index in [2.05, 4.69) is 10.0 Å². The molecule has 1 heterocycles. The van der Waals surface area contributed by atoms with Gasteiger partial charge in [-0.3, -0.25) is 14.3 Å². The normalized spacial score (nSPS) is 14.2. The van der Waals surface area contributed by atoms with Crippen LogP contribution in [-0.4, -0.2) is 20.2 Å². The van der Waals surface area contributed by atoms with Crippen molar-refractivity contribution in [2.24, 2.45) is 0 Å². The summed E-state index contributed by atoms with van der Waals surface area (Å²) in [5, 5.41) is 3.33. The molecule has 184 valence electrons. The molecule has 2 N–H and O–H groups in total. The minimum absolute atomic E-state index is 0.168. The van der Waals surface area contributed by atoms with Crippen LogP contribution in [0.3, 0.4) is 0 Å². The van der Waals surface area contributed by atoms with E-state index in [1.54, 1.807) is 54.6 Å². The number of para-hydroxylation sites is 1. The summed E-state index contributed by atoms with van der Waals surface area (Å²) in [7, 11) is -3.72. The number of nitrogens with one attached hydrogen (secondary N) is 2. The highest BCUT2D eigenvalue weighted by Gasteiger charge is 2.37. The number of sulfonamides is 1. The van der Waals surface area contributed by atoms with E-state index in [1.165, 1.54) is 24.0 Å². The van der Waals surface area contributed by atoms with E-state index in [0.29, 0.717) is 33.9 Å². The summed E-state index contributed by atoms with van der Waals surface area (Å²) in [6, 6.07) is 31.4. The number of anilines is 3. The molecule has 4 aromatic carbocycles. The fraction of sp³-hybridized carbons (Fsp3) is 0.0345. The molecule has 0 aliphatic carbocycles. The molecule has 0 fully saturated rings. The van der Waals surface area contributed by atoms with E-state index < -0.39 is 15.9 Å². The number of rotatable bonds is 6. The Morgan fingerprint density at radius 1 is 0.730 bits per heavy atom. The van der Waals surface area contributed by atoms with Crippen molar-refractivity contribution in [2.45, 2.75) is 11.8 Å². The third kappa shape index (κ3) is 4.74. The van der Waals surface area contributed by atoms with Gasteiger partial charge in [-0.15, -0.1) is 0 Å². The molecule has 37 heavy (non-hydrogen) atoms. The molecular formula is C29H23N3O4S. The molecule has 7 nitrogen and oxygen atoms in total. The molecule has 0 bridgehead atoms. The van der Waals surface area contributed by atoms with Crippen molar-refractivity contribution >= 4 is 50.2 Å². The van der Waals surface area contributed by atoms with Gasteiger partial charge in [0.1, 0.15) is 0 Å². The van der Waals surface area contributed by atoms with E-state index in [4.69, 9.17) is 0 Å². The second kappa shape index (κ2) is 9.75. The SMILES string of the molecule is CC(=O)N1C(=O)/C(=C(\Nc2ccc(NS(=O)(=O)c3ccccc3)cc2)c2ccccc2)c2ccccc21. The first-order valence-corrected chi connectivity index (χ1v) is 13.0. The molecule has 0 spiro atoms. The largest absolute Gasteiger partial charge is 0.354 e. The topological polar surface area (TPSA) is 95.6 Å². The first-order chi connectivity index (χ1) is 17.8. The zero-order valence-electron chi connectivity index (χ0n) is 19.9. The fourth-order valence-corrected chi connectivity index (χ4v) is 5.31. The van der Waals surface area contributed by atoms with Crippen molar-refractivity contribution in [1.29, 1.82) is 0 Å². The standard InChI is InChI=1S/C29H23N3O4S/c1-20(33)32-26-15-9-8-14-25(26)27(29(32)34)28(21-10-4-2-5-11-21)30-22-16-18-23(19-17-22)31-37(35,36)24-12-6-3-7-13-24/h2-19,30-31H,1H3/b28-27-. The summed E-state index contributed by atoms with van der Waals surface area (Å²) in [5.74, 6) is -0.776. The maximum absolute atomic E-state index is 13.5. The molecule has 0 unspecified atom stereocenters. The van der Waals surface area contributed by atoms with Crippen molar-refractivity contribution < 1.29 is 18.0 Å². The van der Waals surface area contributed by atoms with Gasteiger partial charge in [0.25, 0.3) is 15.9 Å². The van der Waals surface area contributed by atoms with E-state index in [-0.39, 0.29) is 10.8 Å². The number of fused-ring (bicyclic) bond motifs is 1.